The summed E-state index contributed by atoms with van der Waals surface area (Å²) >= 11 is 2.08. The van der Waals surface area contributed by atoms with Crippen LogP contribution in [0.25, 0.3) is 0 Å². The zero-order valence-corrected chi connectivity index (χ0v) is 7.41. The topological polar surface area (TPSA) is 57.5 Å². The van der Waals surface area contributed by atoms with Gasteiger partial charge in [0.05, 0.1) is 0 Å². The number of rotatable bonds is 0. The van der Waals surface area contributed by atoms with Crippen LogP contribution < -0.4 is 4.24 Å². The summed E-state index contributed by atoms with van der Waals surface area (Å²) in [5.74, 6) is 0. The van der Waals surface area contributed by atoms with Gasteiger partial charge in [-0.15, -0.1) is 4.20 Å². The first-order valence-electron chi connectivity index (χ1n) is 3.16. The van der Waals surface area contributed by atoms with Crippen molar-refractivity contribution in [2.45, 2.75) is 0 Å². The molecule has 1 aromatic carbocycles. The molecule has 0 saturated heterocycles. The van der Waals surface area contributed by atoms with Crippen molar-refractivity contribution in [2.75, 3.05) is 0 Å². The van der Waals surface area contributed by atoms with Gasteiger partial charge in [-0.05, 0) is 0 Å². The normalized spacial score (nSPS) is 10.1. The molecular formula is C6H7FLiO3P. The molecule has 3 nitrogen and oxygen atoms in total. The molecule has 0 amide bonds. The molecule has 0 aliphatic heterocycles. The van der Waals surface area contributed by atoms with E-state index < -0.39 is 7.91 Å². The van der Waals surface area contributed by atoms with Crippen LogP contribution in [0.5, 0.6) is 0 Å². The van der Waals surface area contributed by atoms with Crippen LogP contribution in [0.15, 0.2) is 30.3 Å². The summed E-state index contributed by atoms with van der Waals surface area (Å²) in [6.45, 7) is 0. The van der Waals surface area contributed by atoms with E-state index in [1.165, 1.54) is 4.24 Å². The third-order valence-corrected chi connectivity index (χ3v) is 0.940. The molecule has 0 atom stereocenters. The van der Waals surface area contributed by atoms with Crippen molar-refractivity contribution < 1.29 is 18.5 Å². The van der Waals surface area contributed by atoms with Crippen LogP contribution in [0.3, 0.4) is 0 Å². The van der Waals surface area contributed by atoms with Crippen LogP contribution in [0.2, 0.25) is 0 Å². The molecule has 0 radical (unpaired) electrons. The quantitative estimate of drug-likeness (QED) is 0.456. The maximum absolute atomic E-state index is 10.4. The Hall–Kier alpha value is -0.103. The summed E-state index contributed by atoms with van der Waals surface area (Å²) in [6.07, 6.45) is 0. The SMILES string of the molecule is O=P(O)(O)F.[Li][c]1ccccc1. The molecule has 0 aliphatic carbocycles. The average Bonchev–Trinajstić information content (AvgIpc) is 1.85. The Kier molecular flexibility index (Phi) is 5.48. The van der Waals surface area contributed by atoms with Crippen LogP contribution in [0, 0.1) is 0 Å². The number of benzene rings is 1. The van der Waals surface area contributed by atoms with Gasteiger partial charge in [-0.25, -0.2) is 4.57 Å². The summed E-state index contributed by atoms with van der Waals surface area (Å²) in [5.41, 5.74) is 0. The molecule has 0 heterocycles. The first-order chi connectivity index (χ1) is 5.39. The van der Waals surface area contributed by atoms with Gasteiger partial charge in [0, 0.05) is 0 Å². The van der Waals surface area contributed by atoms with Gasteiger partial charge < -0.3 is 0 Å². The van der Waals surface area contributed by atoms with E-state index >= 15 is 0 Å². The summed E-state index contributed by atoms with van der Waals surface area (Å²) in [4.78, 5) is 13.9. The van der Waals surface area contributed by atoms with Gasteiger partial charge in [-0.2, -0.15) is 0 Å². The van der Waals surface area contributed by atoms with Crippen molar-refractivity contribution in [1.82, 2.24) is 0 Å². The molecule has 0 aliphatic rings. The standard InChI is InChI=1S/C6H5.FH2O3P.Li/c1-2-4-6-5-3-1;1-5(2,3)4;/h1-5H;(H2,2,3,4);. The second-order valence-electron chi connectivity index (χ2n) is 2.13. The Morgan fingerprint density at radius 3 is 1.75 bits per heavy atom. The van der Waals surface area contributed by atoms with E-state index in [4.69, 9.17) is 14.4 Å². The third-order valence-electron chi connectivity index (χ3n) is 0.940. The van der Waals surface area contributed by atoms with Crippen molar-refractivity contribution in [2.24, 2.45) is 0 Å². The summed E-state index contributed by atoms with van der Waals surface area (Å²) in [5, 5.41) is 0. The minimum absolute atomic E-state index is 1.32. The van der Waals surface area contributed by atoms with Gasteiger partial charge in [0.1, 0.15) is 0 Å². The first-order valence-corrected chi connectivity index (χ1v) is 4.67. The van der Waals surface area contributed by atoms with E-state index in [1.807, 2.05) is 18.2 Å². The summed E-state index contributed by atoms with van der Waals surface area (Å²) in [7, 11) is -5.14. The fraction of sp³-hybridized carbons (Fsp3) is 0. The monoisotopic (exact) mass is 184 g/mol. The molecule has 1 aromatic rings. The molecule has 2 N–H and O–H groups in total. The van der Waals surface area contributed by atoms with Crippen molar-refractivity contribution in [3.05, 3.63) is 30.3 Å². The van der Waals surface area contributed by atoms with Crippen LogP contribution in [-0.2, 0) is 4.57 Å². The van der Waals surface area contributed by atoms with E-state index in [0.717, 1.165) is 0 Å². The van der Waals surface area contributed by atoms with Gasteiger partial charge >= 0.3 is 60.2 Å². The van der Waals surface area contributed by atoms with E-state index in [2.05, 4.69) is 29.8 Å². The van der Waals surface area contributed by atoms with Crippen molar-refractivity contribution in [3.63, 3.8) is 0 Å². The summed E-state index contributed by atoms with van der Waals surface area (Å²) in [6, 6.07) is 10.3. The zero-order valence-electron chi connectivity index (χ0n) is 6.51. The molecule has 12 heavy (non-hydrogen) atoms. The van der Waals surface area contributed by atoms with E-state index in [0.29, 0.717) is 0 Å². The number of hydrogen-bond donors (Lipinski definition) is 2. The van der Waals surface area contributed by atoms with Crippen LogP contribution in [-0.4, -0.2) is 27.5 Å². The molecule has 0 aromatic heterocycles. The second-order valence-corrected chi connectivity index (χ2v) is 3.07. The van der Waals surface area contributed by atoms with E-state index in [1.54, 1.807) is 0 Å². The van der Waals surface area contributed by atoms with Crippen molar-refractivity contribution in [3.8, 4) is 0 Å². The van der Waals surface area contributed by atoms with Gasteiger partial charge in [-0.3, -0.25) is 9.79 Å². The molecule has 0 saturated carbocycles. The molecule has 6 heteroatoms. The van der Waals surface area contributed by atoms with Gasteiger partial charge in [0.25, 0.3) is 0 Å². The van der Waals surface area contributed by atoms with Crippen LogP contribution in [0.1, 0.15) is 0 Å². The Morgan fingerprint density at radius 1 is 1.25 bits per heavy atom. The predicted molar refractivity (Wildman–Crippen MR) is 45.0 cm³/mol. The van der Waals surface area contributed by atoms with Crippen molar-refractivity contribution in [1.29, 1.82) is 0 Å². The fourth-order valence-corrected chi connectivity index (χ4v) is 0.534. The first kappa shape index (κ1) is 11.9. The minimum atomic E-state index is -5.14. The number of halogens is 1. The third kappa shape index (κ3) is 12.6. The average molecular weight is 184 g/mol. The van der Waals surface area contributed by atoms with Gasteiger partial charge in [0.2, 0.25) is 0 Å². The predicted octanol–water partition coefficient (Wildman–Crippen LogP) is 0.529. The Balaban J connectivity index is 0.000000217. The molecule has 0 fully saturated rings. The molecule has 0 spiro atoms. The molecule has 62 valence electrons. The maximum atomic E-state index is 10.4. The Bertz CT molecular complexity index is 252. The Morgan fingerprint density at radius 2 is 1.58 bits per heavy atom. The van der Waals surface area contributed by atoms with E-state index in [-0.39, 0.29) is 0 Å². The van der Waals surface area contributed by atoms with Crippen LogP contribution in [0.4, 0.5) is 4.20 Å². The zero-order chi connectivity index (χ0) is 9.61. The molecular weight excluding hydrogens is 177 g/mol. The molecule has 0 bridgehead atoms. The second kappa shape index (κ2) is 5.53. The fourth-order valence-electron chi connectivity index (χ4n) is 0.534. The molecule has 0 unspecified atom stereocenters. The summed E-state index contributed by atoms with van der Waals surface area (Å²) < 4.78 is 20.3. The van der Waals surface area contributed by atoms with Crippen LogP contribution >= 0.6 is 7.91 Å². The Labute approximate surface area is 79.1 Å². The molecule has 1 rings (SSSR count). The van der Waals surface area contributed by atoms with Gasteiger partial charge in [-0.1, -0.05) is 0 Å². The van der Waals surface area contributed by atoms with E-state index in [9.17, 15) is 4.20 Å². The van der Waals surface area contributed by atoms with Gasteiger partial charge in [0.15, 0.2) is 0 Å². The number of hydrogen-bond acceptors (Lipinski definition) is 1. The van der Waals surface area contributed by atoms with Crippen molar-refractivity contribution >= 4 is 29.9 Å².